The molecule has 41 heavy (non-hydrogen) atoms. The number of carbonyl (C=O) groups excluding carboxylic acids is 1. The van der Waals surface area contributed by atoms with Crippen molar-refractivity contribution in [3.8, 4) is 0 Å². The van der Waals surface area contributed by atoms with E-state index >= 15 is 0 Å². The van der Waals surface area contributed by atoms with Crippen molar-refractivity contribution in [3.05, 3.63) is 81.2 Å². The van der Waals surface area contributed by atoms with Gasteiger partial charge in [-0.3, -0.25) is 24.5 Å². The molecule has 4 aromatic heterocycles. The largest absolute Gasteiger partial charge is 0.384 e. The Hall–Kier alpha value is -4.03. The summed E-state index contributed by atoms with van der Waals surface area (Å²) >= 11 is 2.91. The Morgan fingerprint density at radius 1 is 1.29 bits per heavy atom. The molecular formula is C29H32N8O2S2. The van der Waals surface area contributed by atoms with E-state index in [1.165, 1.54) is 22.5 Å². The number of nitrogens with zero attached hydrogens (tertiary/aromatic N) is 4. The molecule has 5 N–H and O–H groups in total. The number of carbonyl (C=O) groups is 1. The average Bonchev–Trinajstić information content (AvgIpc) is 3.60. The van der Waals surface area contributed by atoms with Crippen molar-refractivity contribution < 1.29 is 4.79 Å². The number of nitrogen functional groups attached to an aromatic ring is 1. The van der Waals surface area contributed by atoms with E-state index in [2.05, 4.69) is 39.4 Å². The molecule has 0 bridgehead atoms. The summed E-state index contributed by atoms with van der Waals surface area (Å²) in [5, 5.41) is 16.2. The zero-order valence-electron chi connectivity index (χ0n) is 23.1. The maximum atomic E-state index is 13.5. The molecule has 2 unspecified atom stereocenters. The summed E-state index contributed by atoms with van der Waals surface area (Å²) in [5.74, 6) is 0.817. The second-order valence-corrected chi connectivity index (χ2v) is 12.2. The van der Waals surface area contributed by atoms with Gasteiger partial charge in [0.1, 0.15) is 23.4 Å². The first-order valence-electron chi connectivity index (χ1n) is 13.4. The van der Waals surface area contributed by atoms with Gasteiger partial charge in [-0.05, 0) is 44.9 Å². The molecule has 5 heterocycles. The third kappa shape index (κ3) is 6.18. The minimum Gasteiger partial charge on any atom is -0.384 e. The minimum atomic E-state index is -0.644. The van der Waals surface area contributed by atoms with E-state index in [9.17, 15) is 9.59 Å². The number of pyridine rings is 2. The van der Waals surface area contributed by atoms with E-state index in [0.29, 0.717) is 36.1 Å². The maximum absolute atomic E-state index is 13.5. The van der Waals surface area contributed by atoms with Crippen LogP contribution in [0.3, 0.4) is 0 Å². The average molecular weight is 589 g/mol. The predicted molar refractivity (Wildman–Crippen MR) is 167 cm³/mol. The summed E-state index contributed by atoms with van der Waals surface area (Å²) in [5.41, 5.74) is 7.85. The third-order valence-electron chi connectivity index (χ3n) is 7.06. The Balaban J connectivity index is 1.28. The zero-order valence-corrected chi connectivity index (χ0v) is 24.7. The molecule has 0 aliphatic carbocycles. The minimum absolute atomic E-state index is 0.225. The Morgan fingerprint density at radius 2 is 2.12 bits per heavy atom. The normalized spacial score (nSPS) is 15.7. The van der Waals surface area contributed by atoms with Gasteiger partial charge in [0.05, 0.1) is 23.8 Å². The Morgan fingerprint density at radius 3 is 2.88 bits per heavy atom. The predicted octanol–water partition coefficient (Wildman–Crippen LogP) is 4.99. The van der Waals surface area contributed by atoms with Crippen molar-refractivity contribution in [1.82, 2.24) is 24.8 Å². The van der Waals surface area contributed by atoms with E-state index < -0.39 is 12.1 Å². The first kappa shape index (κ1) is 28.5. The van der Waals surface area contributed by atoms with Gasteiger partial charge >= 0.3 is 0 Å². The number of amides is 1. The number of thioether (sulfide) groups is 1. The number of hydrogen-bond acceptors (Lipinski definition) is 10. The van der Waals surface area contributed by atoms with Gasteiger partial charge in [-0.1, -0.05) is 30.3 Å². The lowest BCUT2D eigenvalue weighted by molar-refractivity contribution is -0.124. The van der Waals surface area contributed by atoms with Crippen LogP contribution in [0.25, 0.3) is 15.0 Å². The van der Waals surface area contributed by atoms with Gasteiger partial charge in [0.2, 0.25) is 5.91 Å². The highest BCUT2D eigenvalue weighted by atomic mass is 32.2. The van der Waals surface area contributed by atoms with Crippen molar-refractivity contribution in [1.29, 1.82) is 5.41 Å². The van der Waals surface area contributed by atoms with Crippen molar-refractivity contribution >= 4 is 60.5 Å². The third-order valence-corrected chi connectivity index (χ3v) is 9.51. The van der Waals surface area contributed by atoms with Crippen LogP contribution in [0.15, 0.2) is 59.4 Å². The fourth-order valence-corrected chi connectivity index (χ4v) is 6.72. The van der Waals surface area contributed by atoms with Crippen molar-refractivity contribution in [2.24, 2.45) is 0 Å². The summed E-state index contributed by atoms with van der Waals surface area (Å²) in [6, 6.07) is 6.57. The van der Waals surface area contributed by atoms with Crippen LogP contribution in [0.1, 0.15) is 55.9 Å². The lowest BCUT2D eigenvalue weighted by Crippen LogP contribution is -2.37. The van der Waals surface area contributed by atoms with E-state index in [0.717, 1.165) is 37.4 Å². The number of aryl methyl sites for hydroxylation is 1. The van der Waals surface area contributed by atoms with Crippen LogP contribution in [0.4, 0.5) is 11.5 Å². The first-order valence-corrected chi connectivity index (χ1v) is 15.0. The fourth-order valence-electron chi connectivity index (χ4n) is 4.68. The molecule has 5 rings (SSSR count). The van der Waals surface area contributed by atoms with Crippen molar-refractivity contribution in [2.75, 3.05) is 11.1 Å². The molecule has 1 amide bonds. The van der Waals surface area contributed by atoms with E-state index in [1.54, 1.807) is 29.9 Å². The SMILES string of the molecule is CCC(C)=C(SC(=N)C(C)Nc1cnc2n(c1=O)C(C(=O)NCc1cc3cnc(N)cc3s1)CC2)c1cccnc1. The number of hydrogen-bond donors (Lipinski definition) is 4. The van der Waals surface area contributed by atoms with Gasteiger partial charge in [0, 0.05) is 50.4 Å². The highest BCUT2D eigenvalue weighted by Crippen LogP contribution is 2.33. The van der Waals surface area contributed by atoms with E-state index in [4.69, 9.17) is 11.1 Å². The summed E-state index contributed by atoms with van der Waals surface area (Å²) in [6.07, 6.45) is 8.64. The number of allylic oxidation sites excluding steroid dienone is 1. The maximum Gasteiger partial charge on any atom is 0.277 e. The molecule has 0 spiro atoms. The Kier molecular flexibility index (Phi) is 8.50. The lowest BCUT2D eigenvalue weighted by atomic mass is 10.1. The summed E-state index contributed by atoms with van der Waals surface area (Å²) in [4.78, 5) is 41.5. The molecule has 0 radical (unpaired) electrons. The van der Waals surface area contributed by atoms with Crippen LogP contribution in [-0.2, 0) is 17.8 Å². The second-order valence-electron chi connectivity index (χ2n) is 9.93. The monoisotopic (exact) mass is 588 g/mol. The first-order chi connectivity index (χ1) is 19.7. The molecule has 1 aliphatic heterocycles. The molecule has 0 aromatic carbocycles. The van der Waals surface area contributed by atoms with Crippen LogP contribution in [0.2, 0.25) is 0 Å². The Labute approximate surface area is 246 Å². The number of rotatable bonds is 9. The van der Waals surface area contributed by atoms with Crippen LogP contribution in [0, 0.1) is 5.41 Å². The molecule has 0 fully saturated rings. The smallest absolute Gasteiger partial charge is 0.277 e. The molecular weight excluding hydrogens is 557 g/mol. The standard InChI is InChI=1S/C29H32N8O2S2/c1-4-16(2)26(18-6-5-9-32-12-18)41-27(31)17(3)36-21-15-34-25-8-7-22(37(25)29(21)39)28(38)35-14-20-10-19-13-33-24(30)11-23(19)40-20/h5-6,9-13,15,17,22,31,36H,4,7-8,14H2,1-3H3,(H2,30,33)(H,35,38). The summed E-state index contributed by atoms with van der Waals surface area (Å²) in [6.45, 7) is 6.32. The second kappa shape index (κ2) is 12.2. The van der Waals surface area contributed by atoms with E-state index in [1.807, 2.05) is 31.2 Å². The van der Waals surface area contributed by atoms with Gasteiger partial charge in [0.25, 0.3) is 5.56 Å². The van der Waals surface area contributed by atoms with Gasteiger partial charge in [-0.25, -0.2) is 9.97 Å². The number of fused-ring (bicyclic) bond motifs is 2. The molecule has 2 atom stereocenters. The van der Waals surface area contributed by atoms with Crippen molar-refractivity contribution in [3.63, 3.8) is 0 Å². The Bertz CT molecular complexity index is 1700. The topological polar surface area (TPSA) is 152 Å². The van der Waals surface area contributed by atoms with Gasteiger partial charge < -0.3 is 16.4 Å². The van der Waals surface area contributed by atoms with E-state index in [-0.39, 0.29) is 17.2 Å². The molecule has 212 valence electrons. The van der Waals surface area contributed by atoms with Crippen LogP contribution >= 0.6 is 23.1 Å². The number of nitrogens with two attached hydrogens (primary N) is 1. The molecule has 4 aromatic rings. The molecule has 1 aliphatic rings. The number of thiophene rings is 1. The quantitative estimate of drug-likeness (QED) is 0.158. The molecule has 0 saturated carbocycles. The lowest BCUT2D eigenvalue weighted by Gasteiger charge is -2.19. The molecule has 10 nitrogen and oxygen atoms in total. The fraction of sp³-hybridized carbons (Fsp3) is 0.310. The summed E-state index contributed by atoms with van der Waals surface area (Å²) < 4.78 is 2.49. The number of nitrogens with one attached hydrogen (secondary N) is 3. The zero-order chi connectivity index (χ0) is 29.1. The number of anilines is 2. The molecule has 0 saturated heterocycles. The van der Waals surface area contributed by atoms with Crippen LogP contribution in [-0.4, -0.2) is 36.5 Å². The van der Waals surface area contributed by atoms with Crippen LogP contribution in [0.5, 0.6) is 0 Å². The molecule has 12 heteroatoms. The summed E-state index contributed by atoms with van der Waals surface area (Å²) in [7, 11) is 0. The van der Waals surface area contributed by atoms with Gasteiger partial charge in [-0.15, -0.1) is 11.3 Å². The van der Waals surface area contributed by atoms with Crippen molar-refractivity contribution in [2.45, 2.75) is 58.7 Å². The van der Waals surface area contributed by atoms with Gasteiger partial charge in [-0.2, -0.15) is 0 Å². The van der Waals surface area contributed by atoms with Gasteiger partial charge in [0.15, 0.2) is 0 Å². The number of aromatic nitrogens is 4. The van der Waals surface area contributed by atoms with Crippen LogP contribution < -0.4 is 21.9 Å². The highest BCUT2D eigenvalue weighted by molar-refractivity contribution is 8.21. The highest BCUT2D eigenvalue weighted by Gasteiger charge is 2.31.